The molecule has 0 aliphatic carbocycles. The Hall–Kier alpha value is -2.11. The summed E-state index contributed by atoms with van der Waals surface area (Å²) in [5, 5.41) is 9.73. The zero-order valence-electron chi connectivity index (χ0n) is 14.7. The lowest BCUT2D eigenvalue weighted by Crippen LogP contribution is -2.31. The maximum Gasteiger partial charge on any atom is 0.242 e. The highest BCUT2D eigenvalue weighted by Crippen LogP contribution is 2.31. The van der Waals surface area contributed by atoms with Gasteiger partial charge >= 0.3 is 0 Å². The van der Waals surface area contributed by atoms with E-state index in [0.717, 1.165) is 23.1 Å². The van der Waals surface area contributed by atoms with Crippen LogP contribution in [0.3, 0.4) is 0 Å². The van der Waals surface area contributed by atoms with E-state index in [1.165, 1.54) is 11.8 Å². The second kappa shape index (κ2) is 8.52. The van der Waals surface area contributed by atoms with Crippen LogP contribution in [0.4, 0.5) is 0 Å². The largest absolute Gasteiger partial charge is 0.284 e. The van der Waals surface area contributed by atoms with Gasteiger partial charge in [-0.25, -0.2) is 0 Å². The monoisotopic (exact) mass is 385 g/mol. The molecular weight excluding hydrogens is 366 g/mol. The maximum atomic E-state index is 12.7. The molecule has 0 radical (unpaired) electrons. The molecule has 0 aromatic heterocycles. The van der Waals surface area contributed by atoms with Gasteiger partial charge in [-0.05, 0) is 42.2 Å². The first-order valence-electron chi connectivity index (χ1n) is 8.47. The fraction of sp³-hybridized carbons (Fsp3) is 0.250. The van der Waals surface area contributed by atoms with Crippen LogP contribution in [-0.2, 0) is 11.3 Å². The summed E-state index contributed by atoms with van der Waals surface area (Å²) < 4.78 is 0. The Bertz CT molecular complexity index is 848. The van der Waals surface area contributed by atoms with Crippen LogP contribution in [0.5, 0.6) is 0 Å². The predicted molar refractivity (Wildman–Crippen MR) is 110 cm³/mol. The molecule has 0 N–H and O–H groups in total. The Kier molecular flexibility index (Phi) is 6.12. The number of carbonyl (C=O) groups is 1. The van der Waals surface area contributed by atoms with Crippen molar-refractivity contribution in [1.29, 1.82) is 0 Å². The highest BCUT2D eigenvalue weighted by Gasteiger charge is 2.37. The normalized spacial score (nSPS) is 19.0. The van der Waals surface area contributed by atoms with Crippen LogP contribution in [0.2, 0.25) is 5.02 Å². The third kappa shape index (κ3) is 4.34. The van der Waals surface area contributed by atoms with Gasteiger partial charge in [0.25, 0.3) is 0 Å². The van der Waals surface area contributed by atoms with E-state index in [4.69, 9.17) is 11.6 Å². The van der Waals surface area contributed by atoms with Crippen LogP contribution < -0.4 is 0 Å². The number of amides is 1. The molecule has 0 saturated carbocycles. The molecule has 2 aromatic carbocycles. The minimum atomic E-state index is -0.0940. The fourth-order valence-electron chi connectivity index (χ4n) is 2.64. The second-order valence-electron chi connectivity index (χ2n) is 6.04. The summed E-state index contributed by atoms with van der Waals surface area (Å²) in [6.07, 6.45) is 2.44. The minimum Gasteiger partial charge on any atom is -0.284 e. The third-order valence-electron chi connectivity index (χ3n) is 4.20. The van der Waals surface area contributed by atoms with Gasteiger partial charge in [-0.2, -0.15) is 5.10 Å². The minimum absolute atomic E-state index is 0.0940. The summed E-state index contributed by atoms with van der Waals surface area (Å²) in [5.74, 6) is 0.0983. The van der Waals surface area contributed by atoms with Crippen LogP contribution in [0.15, 0.2) is 58.7 Å². The summed E-state index contributed by atoms with van der Waals surface area (Å²) in [6.45, 7) is 4.58. The SMILES string of the molecule is CC[C@@H]1S/C(=N/N=C\c2ccc(Cl)cc2)N(Cc2ccccc2C)C1=O. The first-order valence-corrected chi connectivity index (χ1v) is 9.73. The van der Waals surface area contributed by atoms with Crippen molar-refractivity contribution in [2.45, 2.75) is 32.1 Å². The number of hydrogen-bond acceptors (Lipinski definition) is 4. The summed E-state index contributed by atoms with van der Waals surface area (Å²) >= 11 is 7.37. The molecule has 1 heterocycles. The molecule has 0 spiro atoms. The molecule has 3 rings (SSSR count). The number of rotatable bonds is 5. The van der Waals surface area contributed by atoms with Gasteiger partial charge in [-0.3, -0.25) is 9.69 Å². The highest BCUT2D eigenvalue weighted by molar-refractivity contribution is 8.15. The Morgan fingerprint density at radius 2 is 1.92 bits per heavy atom. The topological polar surface area (TPSA) is 45.0 Å². The third-order valence-corrected chi connectivity index (χ3v) is 5.78. The van der Waals surface area contributed by atoms with Crippen molar-refractivity contribution in [2.75, 3.05) is 0 Å². The lowest BCUT2D eigenvalue weighted by atomic mass is 10.1. The van der Waals surface area contributed by atoms with E-state index in [2.05, 4.69) is 23.2 Å². The Labute approximate surface area is 163 Å². The van der Waals surface area contributed by atoms with Crippen molar-refractivity contribution in [3.8, 4) is 0 Å². The number of carbonyl (C=O) groups excluding carboxylic acids is 1. The van der Waals surface area contributed by atoms with E-state index in [0.29, 0.717) is 16.7 Å². The number of benzene rings is 2. The second-order valence-corrected chi connectivity index (χ2v) is 7.65. The van der Waals surface area contributed by atoms with Gasteiger partial charge < -0.3 is 0 Å². The highest BCUT2D eigenvalue weighted by atomic mass is 35.5. The van der Waals surface area contributed by atoms with Gasteiger partial charge in [0.05, 0.1) is 18.0 Å². The number of nitrogens with zero attached hydrogens (tertiary/aromatic N) is 3. The quantitative estimate of drug-likeness (QED) is 0.543. The van der Waals surface area contributed by atoms with E-state index in [-0.39, 0.29) is 11.2 Å². The zero-order valence-corrected chi connectivity index (χ0v) is 16.3. The Morgan fingerprint density at radius 3 is 2.62 bits per heavy atom. The van der Waals surface area contributed by atoms with E-state index in [1.807, 2.05) is 49.4 Å². The van der Waals surface area contributed by atoms with Crippen molar-refractivity contribution < 1.29 is 4.79 Å². The van der Waals surface area contributed by atoms with E-state index in [1.54, 1.807) is 11.1 Å². The summed E-state index contributed by atoms with van der Waals surface area (Å²) in [7, 11) is 0. The number of thioether (sulfide) groups is 1. The first-order chi connectivity index (χ1) is 12.6. The molecule has 2 aromatic rings. The molecule has 1 aliphatic heterocycles. The molecule has 6 heteroatoms. The standard InChI is InChI=1S/C20H20ClN3OS/c1-3-18-19(25)24(13-16-7-5-4-6-14(16)2)20(26-18)23-22-12-15-8-10-17(21)11-9-15/h4-12,18H,3,13H2,1-2H3/b22-12-,23-20+/t18-/m0/s1. The molecule has 1 saturated heterocycles. The molecule has 1 aliphatic rings. The molecule has 0 bridgehead atoms. The number of amidine groups is 1. The van der Waals surface area contributed by atoms with Gasteiger partial charge in [0, 0.05) is 5.02 Å². The molecule has 1 fully saturated rings. The number of hydrogen-bond donors (Lipinski definition) is 0. The van der Waals surface area contributed by atoms with Gasteiger partial charge in [0.15, 0.2) is 5.17 Å². The van der Waals surface area contributed by atoms with Crippen molar-refractivity contribution >= 4 is 40.7 Å². The van der Waals surface area contributed by atoms with Crippen LogP contribution in [0, 0.1) is 6.92 Å². The molecule has 4 nitrogen and oxygen atoms in total. The molecule has 1 amide bonds. The maximum absolute atomic E-state index is 12.7. The smallest absolute Gasteiger partial charge is 0.242 e. The van der Waals surface area contributed by atoms with Gasteiger partial charge in [-0.15, -0.1) is 5.10 Å². The van der Waals surface area contributed by atoms with Crippen LogP contribution in [-0.4, -0.2) is 27.4 Å². The average Bonchev–Trinajstić information content (AvgIpc) is 2.94. The van der Waals surface area contributed by atoms with Crippen LogP contribution in [0.25, 0.3) is 0 Å². The first kappa shape index (κ1) is 18.7. The fourth-order valence-corrected chi connectivity index (χ4v) is 3.79. The van der Waals surface area contributed by atoms with Crippen molar-refractivity contribution in [1.82, 2.24) is 4.90 Å². The van der Waals surface area contributed by atoms with E-state index >= 15 is 0 Å². The van der Waals surface area contributed by atoms with Gasteiger partial charge in [0.2, 0.25) is 5.91 Å². The number of aryl methyl sites for hydroxylation is 1. The van der Waals surface area contributed by atoms with E-state index < -0.39 is 0 Å². The van der Waals surface area contributed by atoms with Crippen molar-refractivity contribution in [3.63, 3.8) is 0 Å². The summed E-state index contributed by atoms with van der Waals surface area (Å²) in [5.41, 5.74) is 3.19. The molecular formula is C20H20ClN3OS. The van der Waals surface area contributed by atoms with Crippen molar-refractivity contribution in [2.24, 2.45) is 10.2 Å². The van der Waals surface area contributed by atoms with Crippen molar-refractivity contribution in [3.05, 3.63) is 70.2 Å². The molecule has 1 atom stereocenters. The lowest BCUT2D eigenvalue weighted by Gasteiger charge is -2.17. The molecule has 26 heavy (non-hydrogen) atoms. The lowest BCUT2D eigenvalue weighted by molar-refractivity contribution is -0.126. The predicted octanol–water partition coefficient (Wildman–Crippen LogP) is 4.89. The molecule has 134 valence electrons. The zero-order chi connectivity index (χ0) is 18.5. The Morgan fingerprint density at radius 1 is 1.19 bits per heavy atom. The average molecular weight is 386 g/mol. The summed E-state index contributed by atoms with van der Waals surface area (Å²) in [4.78, 5) is 14.4. The van der Waals surface area contributed by atoms with Gasteiger partial charge in [-0.1, -0.05) is 66.7 Å². The van der Waals surface area contributed by atoms with Gasteiger partial charge in [0.1, 0.15) is 0 Å². The van der Waals surface area contributed by atoms with E-state index in [9.17, 15) is 4.79 Å². The number of halogens is 1. The Balaban J connectivity index is 1.81. The summed E-state index contributed by atoms with van der Waals surface area (Å²) in [6, 6.07) is 15.4. The molecule has 0 unspecified atom stereocenters. The van der Waals surface area contributed by atoms with Crippen LogP contribution >= 0.6 is 23.4 Å². The van der Waals surface area contributed by atoms with Crippen LogP contribution in [0.1, 0.15) is 30.0 Å².